The molecule has 1 fully saturated rings. The Balaban J connectivity index is 1.84. The molecule has 118 valence electrons. The van der Waals surface area contributed by atoms with Crippen LogP contribution in [0.4, 0.5) is 0 Å². The summed E-state index contributed by atoms with van der Waals surface area (Å²) in [5.74, 6) is 2.28. The number of nitrogens with one attached hydrogen (secondary N) is 1. The standard InChI is InChI=1S/C19H32N2/c1-5-10-20-11-15(2)19-8-6-18(7-9-19)14-21-12-16(3)17(4)13-21/h6-9,15-17,20H,5,10-14H2,1-4H3. The van der Waals surface area contributed by atoms with Crippen LogP contribution in [-0.4, -0.2) is 31.1 Å². The molecule has 0 aliphatic carbocycles. The zero-order valence-electron chi connectivity index (χ0n) is 14.2. The SMILES string of the molecule is CCCNCC(C)c1ccc(CN2CC(C)C(C)C2)cc1. The van der Waals surface area contributed by atoms with Crippen LogP contribution in [0.5, 0.6) is 0 Å². The van der Waals surface area contributed by atoms with E-state index < -0.39 is 0 Å². The van der Waals surface area contributed by atoms with Crippen molar-refractivity contribution in [3.8, 4) is 0 Å². The second-order valence-corrected chi connectivity index (χ2v) is 7.00. The lowest BCUT2D eigenvalue weighted by Crippen LogP contribution is -2.21. The first-order valence-electron chi connectivity index (χ1n) is 8.62. The number of likely N-dealkylation sites (tertiary alicyclic amines) is 1. The minimum atomic E-state index is 0.595. The molecule has 2 rings (SSSR count). The Hall–Kier alpha value is -0.860. The van der Waals surface area contributed by atoms with Crippen LogP contribution in [-0.2, 0) is 6.54 Å². The number of nitrogens with zero attached hydrogens (tertiary/aromatic N) is 1. The van der Waals surface area contributed by atoms with Gasteiger partial charge in [-0.15, -0.1) is 0 Å². The molecule has 0 amide bonds. The summed E-state index contributed by atoms with van der Waals surface area (Å²) in [7, 11) is 0. The maximum atomic E-state index is 3.51. The molecule has 1 N–H and O–H groups in total. The van der Waals surface area contributed by atoms with Gasteiger partial charge in [-0.25, -0.2) is 0 Å². The van der Waals surface area contributed by atoms with Gasteiger partial charge in [0.25, 0.3) is 0 Å². The molecule has 2 nitrogen and oxygen atoms in total. The van der Waals surface area contributed by atoms with Gasteiger partial charge in [0.2, 0.25) is 0 Å². The lowest BCUT2D eigenvalue weighted by atomic mass is 9.99. The second-order valence-electron chi connectivity index (χ2n) is 7.00. The molecule has 0 bridgehead atoms. The van der Waals surface area contributed by atoms with Crippen LogP contribution < -0.4 is 5.32 Å². The predicted molar refractivity (Wildman–Crippen MR) is 91.6 cm³/mol. The third kappa shape index (κ3) is 4.82. The van der Waals surface area contributed by atoms with Gasteiger partial charge in [0.1, 0.15) is 0 Å². The van der Waals surface area contributed by atoms with Crippen LogP contribution in [0.3, 0.4) is 0 Å². The quantitative estimate of drug-likeness (QED) is 0.766. The van der Waals surface area contributed by atoms with Gasteiger partial charge in [-0.1, -0.05) is 52.0 Å². The molecule has 0 saturated carbocycles. The molecule has 1 heterocycles. The number of benzene rings is 1. The van der Waals surface area contributed by atoms with Crippen LogP contribution in [0.2, 0.25) is 0 Å². The zero-order valence-corrected chi connectivity index (χ0v) is 14.2. The molecule has 1 aliphatic rings. The molecule has 0 radical (unpaired) electrons. The van der Waals surface area contributed by atoms with Gasteiger partial charge >= 0.3 is 0 Å². The molecule has 3 unspecified atom stereocenters. The first-order valence-corrected chi connectivity index (χ1v) is 8.62. The van der Waals surface area contributed by atoms with Gasteiger partial charge < -0.3 is 5.32 Å². The average molecular weight is 288 g/mol. The smallest absolute Gasteiger partial charge is 0.0233 e. The fourth-order valence-electron chi connectivity index (χ4n) is 3.20. The molecule has 1 saturated heterocycles. The summed E-state index contributed by atoms with van der Waals surface area (Å²) in [5.41, 5.74) is 2.90. The van der Waals surface area contributed by atoms with Crippen molar-refractivity contribution in [2.24, 2.45) is 11.8 Å². The van der Waals surface area contributed by atoms with Gasteiger partial charge in [0, 0.05) is 26.2 Å². The third-order valence-electron chi connectivity index (χ3n) is 4.90. The Kier molecular flexibility index (Phi) is 6.25. The zero-order chi connectivity index (χ0) is 15.2. The number of rotatable bonds is 7. The van der Waals surface area contributed by atoms with E-state index in [1.807, 2.05) is 0 Å². The number of hydrogen-bond donors (Lipinski definition) is 1. The Morgan fingerprint density at radius 2 is 1.76 bits per heavy atom. The van der Waals surface area contributed by atoms with Crippen molar-refractivity contribution < 1.29 is 0 Å². The first kappa shape index (κ1) is 16.5. The highest BCUT2D eigenvalue weighted by Crippen LogP contribution is 2.24. The molecule has 1 aromatic carbocycles. The Labute approximate surface area is 130 Å². The fraction of sp³-hybridized carbons (Fsp3) is 0.684. The maximum absolute atomic E-state index is 3.51. The van der Waals surface area contributed by atoms with Crippen molar-refractivity contribution >= 4 is 0 Å². The summed E-state index contributed by atoms with van der Waals surface area (Å²) in [6.45, 7) is 15.1. The van der Waals surface area contributed by atoms with Crippen molar-refractivity contribution in [1.29, 1.82) is 0 Å². The Bertz CT molecular complexity index is 402. The normalized spacial score (nSPS) is 24.4. The fourth-order valence-corrected chi connectivity index (χ4v) is 3.20. The van der Waals surface area contributed by atoms with Crippen LogP contribution in [0.25, 0.3) is 0 Å². The van der Waals surface area contributed by atoms with Crippen molar-refractivity contribution in [3.05, 3.63) is 35.4 Å². The highest BCUT2D eigenvalue weighted by molar-refractivity contribution is 5.25. The minimum absolute atomic E-state index is 0.595. The van der Waals surface area contributed by atoms with Crippen LogP contribution >= 0.6 is 0 Å². The summed E-state index contributed by atoms with van der Waals surface area (Å²) in [5, 5.41) is 3.51. The molecule has 0 aromatic heterocycles. The molecule has 1 aliphatic heterocycles. The molecule has 0 spiro atoms. The summed E-state index contributed by atoms with van der Waals surface area (Å²) in [6, 6.07) is 9.27. The van der Waals surface area contributed by atoms with Gasteiger partial charge in [-0.05, 0) is 41.8 Å². The topological polar surface area (TPSA) is 15.3 Å². The van der Waals surface area contributed by atoms with E-state index in [0.29, 0.717) is 5.92 Å². The van der Waals surface area contributed by atoms with Gasteiger partial charge in [0.15, 0.2) is 0 Å². The first-order chi connectivity index (χ1) is 10.1. The Morgan fingerprint density at radius 1 is 1.14 bits per heavy atom. The van der Waals surface area contributed by atoms with Crippen molar-refractivity contribution in [1.82, 2.24) is 10.2 Å². The number of hydrogen-bond acceptors (Lipinski definition) is 2. The maximum Gasteiger partial charge on any atom is 0.0233 e. The third-order valence-corrected chi connectivity index (χ3v) is 4.90. The predicted octanol–water partition coefficient (Wildman–Crippen LogP) is 3.88. The van der Waals surface area contributed by atoms with E-state index in [9.17, 15) is 0 Å². The van der Waals surface area contributed by atoms with Gasteiger partial charge in [-0.3, -0.25) is 4.90 Å². The largest absolute Gasteiger partial charge is 0.316 e. The molecular weight excluding hydrogens is 256 g/mol. The van der Waals surface area contributed by atoms with E-state index in [1.165, 1.54) is 30.6 Å². The molecular formula is C19H32N2. The molecule has 21 heavy (non-hydrogen) atoms. The van der Waals surface area contributed by atoms with Crippen LogP contribution in [0.15, 0.2) is 24.3 Å². The van der Waals surface area contributed by atoms with Crippen molar-refractivity contribution in [2.45, 2.75) is 46.6 Å². The van der Waals surface area contributed by atoms with E-state index in [2.05, 4.69) is 62.2 Å². The highest BCUT2D eigenvalue weighted by atomic mass is 15.1. The lowest BCUT2D eigenvalue weighted by Gasteiger charge is -2.17. The van der Waals surface area contributed by atoms with E-state index >= 15 is 0 Å². The van der Waals surface area contributed by atoms with Crippen molar-refractivity contribution in [2.75, 3.05) is 26.2 Å². The summed E-state index contributed by atoms with van der Waals surface area (Å²) in [4.78, 5) is 2.59. The van der Waals surface area contributed by atoms with E-state index in [1.54, 1.807) is 0 Å². The van der Waals surface area contributed by atoms with Gasteiger partial charge in [0.05, 0.1) is 0 Å². The molecule has 2 heteroatoms. The lowest BCUT2D eigenvalue weighted by molar-refractivity contribution is 0.316. The van der Waals surface area contributed by atoms with E-state index in [4.69, 9.17) is 0 Å². The summed E-state index contributed by atoms with van der Waals surface area (Å²) in [6.07, 6.45) is 1.21. The molecule has 3 atom stereocenters. The average Bonchev–Trinajstić information content (AvgIpc) is 2.78. The second kappa shape index (κ2) is 7.95. The Morgan fingerprint density at radius 3 is 2.33 bits per heavy atom. The molecule has 1 aromatic rings. The van der Waals surface area contributed by atoms with E-state index in [-0.39, 0.29) is 0 Å². The van der Waals surface area contributed by atoms with E-state index in [0.717, 1.165) is 31.5 Å². The highest BCUT2D eigenvalue weighted by Gasteiger charge is 2.25. The summed E-state index contributed by atoms with van der Waals surface area (Å²) >= 11 is 0. The van der Waals surface area contributed by atoms with Crippen molar-refractivity contribution in [3.63, 3.8) is 0 Å². The van der Waals surface area contributed by atoms with Gasteiger partial charge in [-0.2, -0.15) is 0 Å². The summed E-state index contributed by atoms with van der Waals surface area (Å²) < 4.78 is 0. The van der Waals surface area contributed by atoms with Crippen LogP contribution in [0.1, 0.15) is 51.2 Å². The van der Waals surface area contributed by atoms with Crippen LogP contribution in [0, 0.1) is 11.8 Å². The minimum Gasteiger partial charge on any atom is -0.316 e. The monoisotopic (exact) mass is 288 g/mol.